The van der Waals surface area contributed by atoms with Crippen molar-refractivity contribution >= 4 is 29.0 Å². The van der Waals surface area contributed by atoms with E-state index in [1.165, 1.54) is 41.4 Å². The van der Waals surface area contributed by atoms with Crippen molar-refractivity contribution in [3.8, 4) is 11.5 Å². The molecule has 2 amide bonds. The molecule has 5 nitrogen and oxygen atoms in total. The molecule has 0 saturated carbocycles. The van der Waals surface area contributed by atoms with Crippen LogP contribution in [0.5, 0.6) is 11.5 Å². The monoisotopic (exact) mass is 557 g/mol. The smallest absolute Gasteiger partial charge is 0.342 e. The van der Waals surface area contributed by atoms with Crippen molar-refractivity contribution < 1.29 is 31.5 Å². The molecule has 0 aliphatic carbocycles. The molecular weight excluding hydrogens is 541 g/mol. The van der Waals surface area contributed by atoms with Crippen LogP contribution >= 0.6 is 11.6 Å². The number of amides is 2. The van der Waals surface area contributed by atoms with Crippen LogP contribution in [0.3, 0.4) is 0 Å². The van der Waals surface area contributed by atoms with Gasteiger partial charge in [-0.3, -0.25) is 0 Å². The quantitative estimate of drug-likeness (QED) is 0.201. The lowest BCUT2D eigenvalue weighted by molar-refractivity contribution is 0.218. The Morgan fingerprint density at radius 3 is 2.10 bits per heavy atom. The van der Waals surface area contributed by atoms with Gasteiger partial charge in [-0.15, -0.1) is 0 Å². The second-order valence-electron chi connectivity index (χ2n) is 8.53. The first-order chi connectivity index (χ1) is 18.7. The second-order valence-corrected chi connectivity index (χ2v) is 8.97. The van der Waals surface area contributed by atoms with Gasteiger partial charge < -0.3 is 10.1 Å². The van der Waals surface area contributed by atoms with E-state index in [0.29, 0.717) is 10.7 Å². The van der Waals surface area contributed by atoms with E-state index in [2.05, 4.69) is 10.4 Å². The maximum absolute atomic E-state index is 13.9. The van der Waals surface area contributed by atoms with E-state index in [1.54, 1.807) is 36.4 Å². The van der Waals surface area contributed by atoms with E-state index in [1.807, 2.05) is 0 Å². The van der Waals surface area contributed by atoms with Gasteiger partial charge >= 0.3 is 6.03 Å². The van der Waals surface area contributed by atoms with Crippen molar-refractivity contribution in [1.29, 1.82) is 0 Å². The van der Waals surface area contributed by atoms with Crippen LogP contribution in [0.2, 0.25) is 5.02 Å². The maximum Gasteiger partial charge on any atom is 0.342 e. The van der Waals surface area contributed by atoms with Crippen LogP contribution in [0.1, 0.15) is 17.0 Å². The lowest BCUT2D eigenvalue weighted by Gasteiger charge is -2.16. The van der Waals surface area contributed by atoms with Gasteiger partial charge in [0.2, 0.25) is 17.4 Å². The number of anilines is 1. The molecule has 1 aliphatic rings. The molecule has 0 bridgehead atoms. The zero-order valence-corrected chi connectivity index (χ0v) is 20.5. The van der Waals surface area contributed by atoms with Gasteiger partial charge in [0.15, 0.2) is 11.6 Å². The first kappa shape index (κ1) is 26.2. The minimum atomic E-state index is -1.68. The number of nitrogens with one attached hydrogen (secondary N) is 1. The molecule has 5 rings (SSSR count). The Hall–Kier alpha value is -4.44. The van der Waals surface area contributed by atoms with Crippen molar-refractivity contribution in [3.63, 3.8) is 0 Å². The fourth-order valence-corrected chi connectivity index (χ4v) is 4.15. The van der Waals surface area contributed by atoms with Gasteiger partial charge in [0, 0.05) is 22.7 Å². The Bertz CT molecular complexity index is 1540. The van der Waals surface area contributed by atoms with Crippen molar-refractivity contribution in [3.05, 3.63) is 124 Å². The van der Waals surface area contributed by atoms with Crippen molar-refractivity contribution in [2.75, 3.05) is 11.9 Å². The highest BCUT2D eigenvalue weighted by Crippen LogP contribution is 2.32. The zero-order chi connectivity index (χ0) is 27.7. The number of halogens is 6. The predicted molar refractivity (Wildman–Crippen MR) is 136 cm³/mol. The third-order valence-electron chi connectivity index (χ3n) is 5.96. The first-order valence-electron chi connectivity index (χ1n) is 11.5. The van der Waals surface area contributed by atoms with E-state index < -0.39 is 40.9 Å². The Kier molecular flexibility index (Phi) is 7.21. The summed E-state index contributed by atoms with van der Waals surface area (Å²) in [4.78, 5) is 13.0. The Balaban J connectivity index is 1.33. The SMILES string of the molecule is O=C(Nc1ccc(Oc2c(F)c(F)cc(F)c2F)cc1)N1CC(c2ccc(F)cc2)C(c2ccc(Cl)cc2)=N1. The summed E-state index contributed by atoms with van der Waals surface area (Å²) < 4.78 is 73.2. The molecule has 198 valence electrons. The molecule has 0 radical (unpaired) electrons. The van der Waals surface area contributed by atoms with E-state index in [9.17, 15) is 26.7 Å². The normalized spacial score (nSPS) is 14.8. The standard InChI is InChI=1S/C28H17ClF5N3O2/c29-17-5-1-16(2-6-17)26-21(15-3-7-18(30)8-4-15)14-37(36-26)28(38)35-19-9-11-20(12-10-19)39-27-24(33)22(31)13-23(32)25(27)34/h1-13,21H,14H2,(H,35,38). The van der Waals surface area contributed by atoms with Gasteiger partial charge in [0.1, 0.15) is 11.6 Å². The highest BCUT2D eigenvalue weighted by Gasteiger charge is 2.32. The van der Waals surface area contributed by atoms with E-state index in [0.717, 1.165) is 11.1 Å². The molecule has 0 saturated heterocycles. The molecule has 4 aromatic rings. The molecule has 1 heterocycles. The summed E-state index contributed by atoms with van der Waals surface area (Å²) in [5.41, 5.74) is 2.37. The maximum atomic E-state index is 13.9. The highest BCUT2D eigenvalue weighted by molar-refractivity contribution is 6.30. The third kappa shape index (κ3) is 5.56. The molecule has 0 spiro atoms. The van der Waals surface area contributed by atoms with Gasteiger partial charge in [-0.25, -0.2) is 23.0 Å². The summed E-state index contributed by atoms with van der Waals surface area (Å²) in [5.74, 6) is -8.64. The number of hydrazone groups is 1. The van der Waals surface area contributed by atoms with Gasteiger partial charge in [-0.2, -0.15) is 13.9 Å². The molecule has 0 aromatic heterocycles. The number of hydrogen-bond acceptors (Lipinski definition) is 3. The number of carbonyl (C=O) groups excluding carboxylic acids is 1. The summed E-state index contributed by atoms with van der Waals surface area (Å²) in [6, 6.07) is 17.6. The summed E-state index contributed by atoms with van der Waals surface area (Å²) in [6.07, 6.45) is 0. The number of urea groups is 1. The Morgan fingerprint density at radius 2 is 1.49 bits per heavy atom. The number of nitrogens with zero attached hydrogens (tertiary/aromatic N) is 2. The summed E-state index contributed by atoms with van der Waals surface area (Å²) in [6.45, 7) is 0.167. The predicted octanol–water partition coefficient (Wildman–Crippen LogP) is 7.86. The van der Waals surface area contributed by atoms with Gasteiger partial charge in [-0.05, 0) is 59.7 Å². The highest BCUT2D eigenvalue weighted by atomic mass is 35.5. The average Bonchev–Trinajstić information content (AvgIpc) is 3.37. The fourth-order valence-electron chi connectivity index (χ4n) is 4.02. The average molecular weight is 558 g/mol. The molecule has 1 aliphatic heterocycles. The van der Waals surface area contributed by atoms with Crippen LogP contribution in [0.4, 0.5) is 32.4 Å². The van der Waals surface area contributed by atoms with Gasteiger partial charge in [0.05, 0.1) is 12.3 Å². The molecule has 4 aromatic carbocycles. The summed E-state index contributed by atoms with van der Waals surface area (Å²) in [7, 11) is 0. The van der Waals surface area contributed by atoms with Crippen LogP contribution in [0, 0.1) is 29.1 Å². The second kappa shape index (κ2) is 10.7. The summed E-state index contributed by atoms with van der Waals surface area (Å²) in [5, 5.41) is 8.91. The van der Waals surface area contributed by atoms with Crippen molar-refractivity contribution in [2.24, 2.45) is 5.10 Å². The molecular formula is C28H17ClF5N3O2. The zero-order valence-electron chi connectivity index (χ0n) is 19.8. The van der Waals surface area contributed by atoms with Crippen molar-refractivity contribution in [1.82, 2.24) is 5.01 Å². The van der Waals surface area contributed by atoms with Crippen LogP contribution in [-0.4, -0.2) is 23.3 Å². The number of benzene rings is 4. The molecule has 1 unspecified atom stereocenters. The number of hydrogen-bond donors (Lipinski definition) is 1. The van der Waals surface area contributed by atoms with Crippen LogP contribution in [0.25, 0.3) is 0 Å². The Labute approximate surface area is 224 Å². The lowest BCUT2D eigenvalue weighted by Crippen LogP contribution is -2.30. The first-order valence-corrected chi connectivity index (χ1v) is 11.9. The number of carbonyl (C=O) groups is 1. The van der Waals surface area contributed by atoms with E-state index in [4.69, 9.17) is 16.3 Å². The molecule has 0 fully saturated rings. The topological polar surface area (TPSA) is 53.9 Å². The molecule has 11 heteroatoms. The van der Waals surface area contributed by atoms with E-state index in [-0.39, 0.29) is 30.0 Å². The number of ether oxygens (including phenoxy) is 1. The molecule has 1 N–H and O–H groups in total. The van der Waals surface area contributed by atoms with Gasteiger partial charge in [0.25, 0.3) is 0 Å². The van der Waals surface area contributed by atoms with Gasteiger partial charge in [-0.1, -0.05) is 35.9 Å². The molecule has 1 atom stereocenters. The van der Waals surface area contributed by atoms with Crippen LogP contribution in [0.15, 0.2) is 84.0 Å². The fraction of sp³-hybridized carbons (Fsp3) is 0.0714. The molecule has 39 heavy (non-hydrogen) atoms. The Morgan fingerprint density at radius 1 is 0.872 bits per heavy atom. The lowest BCUT2D eigenvalue weighted by atomic mass is 9.90. The minimum absolute atomic E-state index is 0.0793. The largest absolute Gasteiger partial charge is 0.451 e. The van der Waals surface area contributed by atoms with Crippen molar-refractivity contribution in [2.45, 2.75) is 5.92 Å². The third-order valence-corrected chi connectivity index (χ3v) is 6.21. The summed E-state index contributed by atoms with van der Waals surface area (Å²) >= 11 is 6.01. The van der Waals surface area contributed by atoms with E-state index >= 15 is 0 Å². The van der Waals surface area contributed by atoms with Crippen LogP contribution < -0.4 is 10.1 Å². The minimum Gasteiger partial charge on any atom is -0.451 e. The number of rotatable bonds is 5. The van der Waals surface area contributed by atoms with Crippen LogP contribution in [-0.2, 0) is 0 Å².